The van der Waals surface area contributed by atoms with Gasteiger partial charge in [-0.1, -0.05) is 269 Å². The molecule has 426 valence electrons. The van der Waals surface area contributed by atoms with E-state index in [1.807, 2.05) is 51.1 Å². The van der Waals surface area contributed by atoms with Gasteiger partial charge < -0.3 is 4.74 Å². The van der Waals surface area contributed by atoms with Crippen molar-refractivity contribution in [2.45, 2.75) is 33.0 Å². The Morgan fingerprint density at radius 2 is 1.04 bits per heavy atom. The van der Waals surface area contributed by atoms with Crippen LogP contribution < -0.4 is 30.1 Å². The molecule has 0 saturated carbocycles. The molecule has 0 unspecified atom stereocenters. The van der Waals surface area contributed by atoms with E-state index in [-0.39, 0.29) is 56.1 Å². The molecule has 3 aromatic heterocycles. The number of fused-ring (bicyclic) bond motifs is 4. The van der Waals surface area contributed by atoms with Gasteiger partial charge in [0, 0.05) is 32.7 Å². The van der Waals surface area contributed by atoms with E-state index in [9.17, 15) is 24.7 Å². The molecule has 0 aliphatic carbocycles. The first-order valence-corrected chi connectivity index (χ1v) is 29.9. The summed E-state index contributed by atoms with van der Waals surface area (Å²) in [6.07, 6.45) is 4.52. The third kappa shape index (κ3) is 9.94. The maximum absolute atomic E-state index is 10.2. The number of aryl methyl sites for hydroxylation is 1. The van der Waals surface area contributed by atoms with Crippen LogP contribution in [-0.4, -0.2) is 22.2 Å². The Labute approximate surface area is 567 Å². The fourth-order valence-electron chi connectivity index (χ4n) is 11.4. The Morgan fingerprint density at radius 1 is 0.472 bits per heavy atom. The molecule has 6 heteroatoms. The van der Waals surface area contributed by atoms with E-state index in [0.717, 1.165) is 23.9 Å². The summed E-state index contributed by atoms with van der Waals surface area (Å²) in [4.78, 5) is 4.71. The quantitative estimate of drug-likeness (QED) is 0.0499. The highest BCUT2D eigenvalue weighted by Crippen LogP contribution is 2.38. The van der Waals surface area contributed by atoms with E-state index >= 15 is 0 Å². The molecule has 15 rings (SSSR count). The zero-order valence-corrected chi connectivity index (χ0v) is 48.4. The van der Waals surface area contributed by atoms with Crippen LogP contribution in [0, 0.1) is 13.2 Å². The standard InChI is InChI=1S/C83H64N4OSi/c1-58-50-81(84-56-75(58)62-30-15-7-16-31-62)87-76-41-24-23-40-72(76)73-48-47-68(55-78(73)87)88-67-33-25-32-66(54-67)85-57-86(77-49-44-63(52-79(77)85)60-42-45-65(46-43-60)83(2,3)4)82-74(61-28-13-6-14-29-61)51-64(59-26-11-5-12-27-59)53-80(82)89(69-34-17-8-18-35-69,70-36-19-9-20-37-70)71-38-21-10-22-39-71/h5-56H,1-4H3/i1D3,5D,6D,7D,8D,9D,10D,11D,12D,13D,14D,15D,16D,17D,18D,19D,20D,21D,22D,26D,27D,28D,29D,30D,31D,34D,35D,36D,37D,38D,39D. The van der Waals surface area contributed by atoms with E-state index in [0.29, 0.717) is 32.9 Å². The summed E-state index contributed by atoms with van der Waals surface area (Å²) < 4.78 is 320. The topological polar surface area (TPSA) is 35.9 Å². The van der Waals surface area contributed by atoms with E-state index in [1.165, 1.54) is 15.2 Å². The largest absolute Gasteiger partial charge is 0.458 e. The predicted molar refractivity (Wildman–Crippen MR) is 371 cm³/mol. The van der Waals surface area contributed by atoms with Crippen LogP contribution in [0.5, 0.6) is 11.5 Å². The van der Waals surface area contributed by atoms with Gasteiger partial charge in [0.25, 0.3) is 6.33 Å². The number of para-hydroxylation sites is 1. The Balaban J connectivity index is 1.10. The lowest BCUT2D eigenvalue weighted by Crippen LogP contribution is -2.76. The second-order valence-electron chi connectivity index (χ2n) is 21.7. The van der Waals surface area contributed by atoms with Crippen LogP contribution in [0.3, 0.4) is 0 Å². The zero-order valence-electron chi connectivity index (χ0n) is 80.4. The molecular weight excluding hydrogens is 1100 g/mol. The number of ether oxygens (including phenoxy) is 1. The molecule has 0 atom stereocenters. The van der Waals surface area contributed by atoms with Crippen LogP contribution in [0.4, 0.5) is 0 Å². The van der Waals surface area contributed by atoms with E-state index in [2.05, 4.69) is 6.33 Å². The molecule has 0 N–H and O–H groups in total. The molecule has 89 heavy (non-hydrogen) atoms. The van der Waals surface area contributed by atoms with Gasteiger partial charge in [0.2, 0.25) is 0 Å². The molecule has 0 fully saturated rings. The number of pyridine rings is 1. The van der Waals surface area contributed by atoms with Crippen molar-refractivity contribution in [2.75, 3.05) is 0 Å². The number of benzene rings is 12. The molecule has 0 bridgehead atoms. The highest BCUT2D eigenvalue weighted by atomic mass is 28.3. The van der Waals surface area contributed by atoms with Crippen LogP contribution in [-0.2, 0) is 5.41 Å². The summed E-state index contributed by atoms with van der Waals surface area (Å²) in [6, 6.07) is 3.29. The SMILES string of the molecule is [2H]c1c([2H])c([2H])c(-c2cc(-c3c([2H])c([2H])c([2H])c([2H])c3[2H])c(-[n+]3[c-]n(-c4cccc(Oc5ccc6c7ccccc7n(-c7cc(C([2H])([2H])[2H])c(-c8c([2H])c([2H])c([2H])c([2H])c8[2H])cn7)c6c5)c4)c4cc(-c5ccc(C(C)(C)C)cc5)ccc43)c([Si](c3c([2H])c([2H])c([2H])c([2H])c3[2H])(c3c([2H])c([2H])c([2H])c([2H])c3[2H])c3c([2H])c([2H])c([2H])c([2H])c3[2H])c2)c([2H])c1[2H]. The lowest BCUT2D eigenvalue weighted by atomic mass is 9.86. The highest BCUT2D eigenvalue weighted by Gasteiger charge is 2.44. The van der Waals surface area contributed by atoms with E-state index in [1.54, 1.807) is 83.4 Å². The van der Waals surface area contributed by atoms with Crippen LogP contribution in [0.25, 0.3) is 94.5 Å². The zero-order chi connectivity index (χ0) is 88.7. The van der Waals surface area contributed by atoms with Gasteiger partial charge >= 0.3 is 0 Å². The van der Waals surface area contributed by atoms with Gasteiger partial charge in [0.1, 0.15) is 17.3 Å². The molecule has 0 aliphatic rings. The molecular formula is C83H64N4OSi. The minimum Gasteiger partial charge on any atom is -0.458 e. The van der Waals surface area contributed by atoms with Gasteiger partial charge in [-0.25, -0.2) is 4.98 Å². The third-order valence-corrected chi connectivity index (χ3v) is 19.7. The summed E-state index contributed by atoms with van der Waals surface area (Å²) in [5, 5.41) is -2.70. The fraction of sp³-hybridized carbons (Fsp3) is 0.0602. The second kappa shape index (κ2) is 22.7. The van der Waals surface area contributed by atoms with Gasteiger partial charge in [-0.3, -0.25) is 13.7 Å². The number of hydrogen-bond acceptors (Lipinski definition) is 2. The van der Waals surface area contributed by atoms with Crippen molar-refractivity contribution in [2.24, 2.45) is 0 Å². The van der Waals surface area contributed by atoms with Crippen molar-refractivity contribution >= 4 is 61.7 Å². The lowest BCUT2D eigenvalue weighted by molar-refractivity contribution is -0.570. The van der Waals surface area contributed by atoms with Gasteiger partial charge in [-0.05, 0) is 138 Å². The normalized spacial score (nSPS) is 17.2. The highest BCUT2D eigenvalue weighted by molar-refractivity contribution is 7.20. The third-order valence-electron chi connectivity index (χ3n) is 15.5. The van der Waals surface area contributed by atoms with Crippen molar-refractivity contribution in [1.29, 1.82) is 0 Å². The number of hydrogen-bond donors (Lipinski definition) is 0. The molecule has 15 aromatic rings. The van der Waals surface area contributed by atoms with Crippen LogP contribution in [0.15, 0.2) is 315 Å². The summed E-state index contributed by atoms with van der Waals surface area (Å²) in [6.45, 7) is 3.12. The van der Waals surface area contributed by atoms with Gasteiger partial charge in [-0.15, -0.1) is 0 Å². The summed E-state index contributed by atoms with van der Waals surface area (Å²) in [5.41, 5.74) is -1.55. The molecule has 3 heterocycles. The minimum atomic E-state index is -6.65. The van der Waals surface area contributed by atoms with Gasteiger partial charge in [0.15, 0.2) is 8.07 Å². The van der Waals surface area contributed by atoms with Crippen molar-refractivity contribution in [1.82, 2.24) is 14.1 Å². The summed E-state index contributed by atoms with van der Waals surface area (Å²) >= 11 is 0. The minimum absolute atomic E-state index is 0.0434. The first kappa shape index (κ1) is 29.6. The Bertz CT molecular complexity index is 6750. The van der Waals surface area contributed by atoms with Gasteiger partial charge in [-0.2, -0.15) is 0 Å². The van der Waals surface area contributed by atoms with E-state index in [4.69, 9.17) is 30.3 Å². The molecule has 5 nitrogen and oxygen atoms in total. The lowest BCUT2D eigenvalue weighted by Gasteiger charge is -2.37. The Morgan fingerprint density at radius 3 is 1.67 bits per heavy atom. The first-order valence-electron chi connectivity index (χ1n) is 44.4. The molecule has 0 saturated heterocycles. The van der Waals surface area contributed by atoms with Crippen molar-refractivity contribution in [3.8, 4) is 73.2 Å². The summed E-state index contributed by atoms with van der Waals surface area (Å²) in [7, 11) is -6.65. The number of nitrogens with zero attached hydrogens (tertiary/aromatic N) is 4. The molecule has 0 radical (unpaired) electrons. The summed E-state index contributed by atoms with van der Waals surface area (Å²) in [5.74, 6) is 0.288. The van der Waals surface area contributed by atoms with Crippen LogP contribution >= 0.6 is 0 Å². The number of aromatic nitrogens is 4. The molecule has 0 amide bonds. The van der Waals surface area contributed by atoms with Crippen molar-refractivity contribution < 1.29 is 54.5 Å². The average Bonchev–Trinajstić information content (AvgIpc) is 0.894. The molecule has 12 aromatic carbocycles. The smallest absolute Gasteiger partial charge is 0.269 e. The fourth-order valence-corrected chi connectivity index (χ4v) is 15.4. The van der Waals surface area contributed by atoms with Crippen LogP contribution in [0.2, 0.25) is 0 Å². The molecule has 0 aliphatic heterocycles. The van der Waals surface area contributed by atoms with Gasteiger partial charge in [0.05, 0.1) is 74.6 Å². The maximum Gasteiger partial charge on any atom is 0.269 e. The number of rotatable bonds is 13. The second-order valence-corrected chi connectivity index (χ2v) is 25.2. The molecule has 0 spiro atoms. The average molecular weight is 1190 g/mol. The maximum atomic E-state index is 10.2. The number of imidazole rings is 1. The Hall–Kier alpha value is -10.9. The van der Waals surface area contributed by atoms with Crippen molar-refractivity contribution in [3.63, 3.8) is 0 Å². The first-order chi connectivity index (χ1) is 57.3. The monoisotopic (exact) mass is 1190 g/mol. The van der Waals surface area contributed by atoms with Crippen LogP contribution in [0.1, 0.15) is 77.1 Å². The predicted octanol–water partition coefficient (Wildman–Crippen LogP) is 17.6. The Kier molecular flexibility index (Phi) is 7.57. The van der Waals surface area contributed by atoms with E-state index < -0.39 is 245 Å². The van der Waals surface area contributed by atoms with Crippen molar-refractivity contribution in [3.05, 3.63) is 332 Å².